The van der Waals surface area contributed by atoms with Gasteiger partial charge in [-0.15, -0.1) is 0 Å². The molecule has 0 aliphatic carbocycles. The van der Waals surface area contributed by atoms with Gasteiger partial charge in [0.05, 0.1) is 0 Å². The standard InChI is InChI=1S/C10H15N.CH2O2/c1-8-6-4-5-7-9(8)10(2,3)11;2-1-3/h4-7H,11H2,1-3H3;1H,(H,2,3). The van der Waals surface area contributed by atoms with Crippen LogP contribution in [0.1, 0.15) is 25.0 Å². The van der Waals surface area contributed by atoms with Crippen LogP contribution in [0.3, 0.4) is 0 Å². The van der Waals surface area contributed by atoms with E-state index in [4.69, 9.17) is 15.6 Å². The summed E-state index contributed by atoms with van der Waals surface area (Å²) in [6.07, 6.45) is 0. The van der Waals surface area contributed by atoms with Gasteiger partial charge in [-0.25, -0.2) is 0 Å². The van der Waals surface area contributed by atoms with Gasteiger partial charge in [-0.1, -0.05) is 24.3 Å². The predicted octanol–water partition coefficient (Wildman–Crippen LogP) is 1.89. The van der Waals surface area contributed by atoms with Gasteiger partial charge in [0.1, 0.15) is 0 Å². The number of nitrogens with two attached hydrogens (primary N) is 1. The Morgan fingerprint density at radius 3 is 2.07 bits per heavy atom. The molecule has 0 amide bonds. The van der Waals surface area contributed by atoms with Gasteiger partial charge in [-0.2, -0.15) is 0 Å². The molecule has 0 atom stereocenters. The lowest BCUT2D eigenvalue weighted by atomic mass is 9.92. The van der Waals surface area contributed by atoms with E-state index in [1.54, 1.807) is 0 Å². The Hall–Kier alpha value is -1.35. The fourth-order valence-corrected chi connectivity index (χ4v) is 1.30. The molecule has 0 saturated carbocycles. The Balaban J connectivity index is 0.000000500. The monoisotopic (exact) mass is 195 g/mol. The predicted molar refractivity (Wildman–Crippen MR) is 57.1 cm³/mol. The number of aryl methyl sites for hydroxylation is 1. The SMILES string of the molecule is Cc1ccccc1C(C)(C)N.O=CO. The van der Waals surface area contributed by atoms with Crippen molar-refractivity contribution in [1.29, 1.82) is 0 Å². The summed E-state index contributed by atoms with van der Waals surface area (Å²) in [5.74, 6) is 0. The Morgan fingerprint density at radius 1 is 1.36 bits per heavy atom. The largest absolute Gasteiger partial charge is 0.483 e. The van der Waals surface area contributed by atoms with Crippen molar-refractivity contribution >= 4 is 6.47 Å². The Kier molecular flexibility index (Phi) is 4.87. The second-order valence-electron chi connectivity index (χ2n) is 3.64. The molecular formula is C11H17NO2. The molecule has 14 heavy (non-hydrogen) atoms. The van der Waals surface area contributed by atoms with Gasteiger partial charge in [0, 0.05) is 5.54 Å². The van der Waals surface area contributed by atoms with E-state index in [0.29, 0.717) is 0 Å². The molecule has 0 heterocycles. The molecule has 0 aromatic heterocycles. The molecule has 0 radical (unpaired) electrons. The second kappa shape index (κ2) is 5.40. The van der Waals surface area contributed by atoms with Crippen LogP contribution in [-0.4, -0.2) is 11.6 Å². The van der Waals surface area contributed by atoms with E-state index in [9.17, 15) is 0 Å². The number of rotatable bonds is 1. The molecule has 0 fully saturated rings. The first-order valence-corrected chi connectivity index (χ1v) is 4.36. The second-order valence-corrected chi connectivity index (χ2v) is 3.64. The molecule has 1 aromatic rings. The van der Waals surface area contributed by atoms with Crippen LogP contribution in [0.4, 0.5) is 0 Å². The summed E-state index contributed by atoms with van der Waals surface area (Å²) >= 11 is 0. The Morgan fingerprint density at radius 2 is 1.79 bits per heavy atom. The zero-order valence-corrected chi connectivity index (χ0v) is 8.82. The molecule has 0 aliphatic rings. The minimum atomic E-state index is -0.250. The third-order valence-corrected chi connectivity index (χ3v) is 1.84. The fraction of sp³-hybridized carbons (Fsp3) is 0.364. The topological polar surface area (TPSA) is 63.3 Å². The summed E-state index contributed by atoms with van der Waals surface area (Å²) < 4.78 is 0. The quantitative estimate of drug-likeness (QED) is 0.672. The molecule has 0 spiro atoms. The maximum atomic E-state index is 8.36. The maximum Gasteiger partial charge on any atom is 0.290 e. The van der Waals surface area contributed by atoms with Crippen LogP contribution in [-0.2, 0) is 10.3 Å². The zero-order valence-electron chi connectivity index (χ0n) is 8.82. The Bertz CT molecular complexity index is 290. The van der Waals surface area contributed by atoms with Crippen molar-refractivity contribution in [3.05, 3.63) is 35.4 Å². The van der Waals surface area contributed by atoms with E-state index in [-0.39, 0.29) is 12.0 Å². The molecular weight excluding hydrogens is 178 g/mol. The van der Waals surface area contributed by atoms with E-state index in [0.717, 1.165) is 0 Å². The smallest absolute Gasteiger partial charge is 0.290 e. The Labute approximate surface area is 84.6 Å². The highest BCUT2D eigenvalue weighted by molar-refractivity contribution is 5.32. The fourth-order valence-electron chi connectivity index (χ4n) is 1.30. The van der Waals surface area contributed by atoms with Crippen LogP contribution in [0, 0.1) is 6.92 Å². The van der Waals surface area contributed by atoms with Crippen molar-refractivity contribution < 1.29 is 9.90 Å². The molecule has 3 nitrogen and oxygen atoms in total. The molecule has 1 rings (SSSR count). The van der Waals surface area contributed by atoms with Crippen LogP contribution in [0.2, 0.25) is 0 Å². The first-order chi connectivity index (χ1) is 6.43. The number of benzene rings is 1. The van der Waals surface area contributed by atoms with Gasteiger partial charge in [-0.05, 0) is 31.9 Å². The average Bonchev–Trinajstić information content (AvgIpc) is 2.04. The summed E-state index contributed by atoms with van der Waals surface area (Å²) in [5.41, 5.74) is 8.23. The molecule has 0 unspecified atom stereocenters. The lowest BCUT2D eigenvalue weighted by Crippen LogP contribution is -2.29. The number of carbonyl (C=O) groups is 1. The molecule has 78 valence electrons. The van der Waals surface area contributed by atoms with Crippen molar-refractivity contribution in [3.8, 4) is 0 Å². The van der Waals surface area contributed by atoms with Crippen molar-refractivity contribution in [2.45, 2.75) is 26.3 Å². The number of carboxylic acid groups (broad SMARTS) is 1. The molecule has 1 aromatic carbocycles. The van der Waals surface area contributed by atoms with Crippen LogP contribution in [0.25, 0.3) is 0 Å². The van der Waals surface area contributed by atoms with E-state index in [1.165, 1.54) is 11.1 Å². The maximum absolute atomic E-state index is 8.36. The summed E-state index contributed by atoms with van der Waals surface area (Å²) in [6.45, 7) is 5.88. The zero-order chi connectivity index (χ0) is 11.2. The van der Waals surface area contributed by atoms with Crippen molar-refractivity contribution in [1.82, 2.24) is 0 Å². The summed E-state index contributed by atoms with van der Waals surface area (Å²) in [5, 5.41) is 6.89. The van der Waals surface area contributed by atoms with Gasteiger partial charge >= 0.3 is 0 Å². The first-order valence-electron chi connectivity index (χ1n) is 4.36. The van der Waals surface area contributed by atoms with Gasteiger partial charge in [0.15, 0.2) is 0 Å². The molecule has 0 saturated heterocycles. The highest BCUT2D eigenvalue weighted by Gasteiger charge is 2.14. The van der Waals surface area contributed by atoms with Crippen molar-refractivity contribution in [2.75, 3.05) is 0 Å². The summed E-state index contributed by atoms with van der Waals surface area (Å²) in [7, 11) is 0. The number of hydrogen-bond acceptors (Lipinski definition) is 2. The van der Waals surface area contributed by atoms with E-state index >= 15 is 0 Å². The first kappa shape index (κ1) is 12.7. The van der Waals surface area contributed by atoms with Gasteiger partial charge < -0.3 is 10.8 Å². The normalized spacial score (nSPS) is 10.0. The van der Waals surface area contributed by atoms with Crippen LogP contribution in [0.15, 0.2) is 24.3 Å². The van der Waals surface area contributed by atoms with E-state index in [2.05, 4.69) is 19.1 Å². The summed E-state index contributed by atoms with van der Waals surface area (Å²) in [6, 6.07) is 8.22. The van der Waals surface area contributed by atoms with Crippen LogP contribution >= 0.6 is 0 Å². The van der Waals surface area contributed by atoms with Gasteiger partial charge in [0.2, 0.25) is 0 Å². The molecule has 3 N–H and O–H groups in total. The van der Waals surface area contributed by atoms with Crippen LogP contribution < -0.4 is 5.73 Å². The van der Waals surface area contributed by atoms with Crippen molar-refractivity contribution in [3.63, 3.8) is 0 Å². The third kappa shape index (κ3) is 4.05. The van der Waals surface area contributed by atoms with E-state index in [1.807, 2.05) is 26.0 Å². The molecule has 0 bridgehead atoms. The van der Waals surface area contributed by atoms with Crippen molar-refractivity contribution in [2.24, 2.45) is 5.73 Å². The molecule has 0 aliphatic heterocycles. The minimum absolute atomic E-state index is 0.217. The third-order valence-electron chi connectivity index (χ3n) is 1.84. The molecule has 3 heteroatoms. The van der Waals surface area contributed by atoms with Gasteiger partial charge in [0.25, 0.3) is 6.47 Å². The number of hydrogen-bond donors (Lipinski definition) is 2. The van der Waals surface area contributed by atoms with Crippen LogP contribution in [0.5, 0.6) is 0 Å². The lowest BCUT2D eigenvalue weighted by Gasteiger charge is -2.21. The highest BCUT2D eigenvalue weighted by atomic mass is 16.3. The lowest BCUT2D eigenvalue weighted by molar-refractivity contribution is -0.122. The highest BCUT2D eigenvalue weighted by Crippen LogP contribution is 2.19. The summed E-state index contributed by atoms with van der Waals surface area (Å²) in [4.78, 5) is 8.36. The van der Waals surface area contributed by atoms with Gasteiger partial charge in [-0.3, -0.25) is 4.79 Å². The van der Waals surface area contributed by atoms with E-state index < -0.39 is 0 Å². The minimum Gasteiger partial charge on any atom is -0.483 e. The average molecular weight is 195 g/mol.